The molecule has 1 aromatic carbocycles. The number of nitrogens with one attached hydrogen (secondary N) is 1. The van der Waals surface area contributed by atoms with Gasteiger partial charge in [0.1, 0.15) is 5.75 Å². The van der Waals surface area contributed by atoms with E-state index in [9.17, 15) is 0 Å². The van der Waals surface area contributed by atoms with Crippen LogP contribution in [0.4, 0.5) is 0 Å². The van der Waals surface area contributed by atoms with E-state index in [1.165, 1.54) is 11.9 Å². The second-order valence-corrected chi connectivity index (χ2v) is 4.51. The van der Waals surface area contributed by atoms with E-state index in [1.807, 2.05) is 12.1 Å². The summed E-state index contributed by atoms with van der Waals surface area (Å²) in [7, 11) is 1.69. The number of aromatic nitrogens is 2. The van der Waals surface area contributed by atoms with Crippen LogP contribution in [0.1, 0.15) is 30.0 Å². The summed E-state index contributed by atoms with van der Waals surface area (Å²) in [6.07, 6.45) is 2.14. The van der Waals surface area contributed by atoms with E-state index in [2.05, 4.69) is 35.4 Å². The highest BCUT2D eigenvalue weighted by atomic mass is 16.5. The minimum Gasteiger partial charge on any atom is -0.496 e. The third-order valence-electron chi connectivity index (χ3n) is 3.05. The lowest BCUT2D eigenvalue weighted by atomic mass is 10.0. The first kappa shape index (κ1) is 13.5. The van der Waals surface area contributed by atoms with Gasteiger partial charge < -0.3 is 14.6 Å². The van der Waals surface area contributed by atoms with Crippen molar-refractivity contribution >= 4 is 0 Å². The average Bonchev–Trinajstić information content (AvgIpc) is 2.91. The van der Waals surface area contributed by atoms with Crippen molar-refractivity contribution in [2.45, 2.75) is 26.3 Å². The first-order chi connectivity index (χ1) is 9.20. The van der Waals surface area contributed by atoms with Gasteiger partial charge in [-0.05, 0) is 19.9 Å². The van der Waals surface area contributed by atoms with E-state index in [-0.39, 0.29) is 6.04 Å². The van der Waals surface area contributed by atoms with Gasteiger partial charge in [0.25, 0.3) is 0 Å². The van der Waals surface area contributed by atoms with Crippen molar-refractivity contribution in [1.82, 2.24) is 15.5 Å². The zero-order chi connectivity index (χ0) is 13.7. The summed E-state index contributed by atoms with van der Waals surface area (Å²) in [6.45, 7) is 4.97. The Labute approximate surface area is 113 Å². The Kier molecular flexibility index (Phi) is 4.52. The molecule has 1 N–H and O–H groups in total. The molecule has 0 aliphatic heterocycles. The van der Waals surface area contributed by atoms with Gasteiger partial charge >= 0.3 is 0 Å². The summed E-state index contributed by atoms with van der Waals surface area (Å²) in [5, 5.41) is 7.01. The zero-order valence-corrected chi connectivity index (χ0v) is 11.5. The predicted octanol–water partition coefficient (Wildman–Crippen LogP) is 2.28. The summed E-state index contributed by atoms with van der Waals surface area (Å²) < 4.78 is 10.4. The first-order valence-corrected chi connectivity index (χ1v) is 6.34. The SMILES string of the molecule is COc1ccc(C)cc1C(C)NCCc1ncno1. The maximum absolute atomic E-state index is 5.39. The number of benzene rings is 1. The molecule has 0 saturated heterocycles. The molecule has 1 atom stereocenters. The molecule has 0 fully saturated rings. The van der Waals surface area contributed by atoms with E-state index < -0.39 is 0 Å². The number of rotatable bonds is 6. The third kappa shape index (κ3) is 3.54. The average molecular weight is 261 g/mol. The Bertz CT molecular complexity index is 511. The molecular weight excluding hydrogens is 242 g/mol. The maximum Gasteiger partial charge on any atom is 0.227 e. The molecule has 1 unspecified atom stereocenters. The lowest BCUT2D eigenvalue weighted by molar-refractivity contribution is 0.370. The summed E-state index contributed by atoms with van der Waals surface area (Å²) in [6, 6.07) is 6.40. The van der Waals surface area contributed by atoms with Crippen molar-refractivity contribution in [1.29, 1.82) is 0 Å². The Morgan fingerprint density at radius 2 is 2.26 bits per heavy atom. The first-order valence-electron chi connectivity index (χ1n) is 6.34. The summed E-state index contributed by atoms with van der Waals surface area (Å²) in [5.41, 5.74) is 2.38. The van der Waals surface area contributed by atoms with Crippen molar-refractivity contribution in [3.05, 3.63) is 41.5 Å². The fourth-order valence-electron chi connectivity index (χ4n) is 2.00. The molecule has 0 spiro atoms. The van der Waals surface area contributed by atoms with E-state index in [1.54, 1.807) is 7.11 Å². The minimum atomic E-state index is 0.206. The van der Waals surface area contributed by atoms with Gasteiger partial charge in [-0.1, -0.05) is 22.9 Å². The monoisotopic (exact) mass is 261 g/mol. The van der Waals surface area contributed by atoms with E-state index in [0.29, 0.717) is 5.89 Å². The molecule has 102 valence electrons. The van der Waals surface area contributed by atoms with Crippen LogP contribution in [-0.2, 0) is 6.42 Å². The molecule has 0 aliphatic rings. The van der Waals surface area contributed by atoms with E-state index in [0.717, 1.165) is 24.3 Å². The predicted molar refractivity (Wildman–Crippen MR) is 72.2 cm³/mol. The molecule has 0 radical (unpaired) electrons. The molecule has 2 rings (SSSR count). The van der Waals surface area contributed by atoms with Crippen LogP contribution in [0, 0.1) is 6.92 Å². The van der Waals surface area contributed by atoms with Gasteiger partial charge in [-0.3, -0.25) is 0 Å². The van der Waals surface area contributed by atoms with Crippen LogP contribution in [0.2, 0.25) is 0 Å². The lowest BCUT2D eigenvalue weighted by Gasteiger charge is -2.17. The molecular formula is C14H19N3O2. The van der Waals surface area contributed by atoms with E-state index >= 15 is 0 Å². The molecule has 0 bridgehead atoms. The van der Waals surface area contributed by atoms with Crippen molar-refractivity contribution < 1.29 is 9.26 Å². The molecule has 2 aromatic rings. The van der Waals surface area contributed by atoms with Crippen molar-refractivity contribution in [3.63, 3.8) is 0 Å². The quantitative estimate of drug-likeness (QED) is 0.864. The smallest absolute Gasteiger partial charge is 0.227 e. The van der Waals surface area contributed by atoms with Gasteiger partial charge in [0.05, 0.1) is 7.11 Å². The van der Waals surface area contributed by atoms with E-state index in [4.69, 9.17) is 9.26 Å². The molecule has 5 nitrogen and oxygen atoms in total. The highest BCUT2D eigenvalue weighted by Crippen LogP contribution is 2.25. The molecule has 0 aliphatic carbocycles. The largest absolute Gasteiger partial charge is 0.496 e. The summed E-state index contributed by atoms with van der Waals surface area (Å²) in [4.78, 5) is 3.99. The van der Waals surface area contributed by atoms with Gasteiger partial charge in [0.15, 0.2) is 6.33 Å². The Hall–Kier alpha value is -1.88. The fourth-order valence-corrected chi connectivity index (χ4v) is 2.00. The molecule has 5 heteroatoms. The van der Waals surface area contributed by atoms with Crippen LogP contribution in [0.15, 0.2) is 29.0 Å². The van der Waals surface area contributed by atoms with Gasteiger partial charge in [0, 0.05) is 24.6 Å². The topological polar surface area (TPSA) is 60.2 Å². The lowest BCUT2D eigenvalue weighted by Crippen LogP contribution is -2.22. The van der Waals surface area contributed by atoms with Gasteiger partial charge in [0.2, 0.25) is 5.89 Å². The molecule has 0 amide bonds. The van der Waals surface area contributed by atoms with Crippen LogP contribution in [0.25, 0.3) is 0 Å². The van der Waals surface area contributed by atoms with Crippen LogP contribution in [-0.4, -0.2) is 23.8 Å². The van der Waals surface area contributed by atoms with Crippen molar-refractivity contribution in [3.8, 4) is 5.75 Å². The number of hydrogen-bond acceptors (Lipinski definition) is 5. The Morgan fingerprint density at radius 3 is 2.95 bits per heavy atom. The standard InChI is InChI=1S/C14H19N3O2/c1-10-4-5-13(18-3)12(8-10)11(2)15-7-6-14-16-9-17-19-14/h4-5,8-9,11,15H,6-7H2,1-3H3. The number of nitrogens with zero attached hydrogens (tertiary/aromatic N) is 2. The van der Waals surface area contributed by atoms with Gasteiger partial charge in [-0.2, -0.15) is 4.98 Å². The second-order valence-electron chi connectivity index (χ2n) is 4.51. The zero-order valence-electron chi connectivity index (χ0n) is 11.5. The molecule has 19 heavy (non-hydrogen) atoms. The van der Waals surface area contributed by atoms with Crippen LogP contribution in [0.5, 0.6) is 5.75 Å². The van der Waals surface area contributed by atoms with Crippen LogP contribution < -0.4 is 10.1 Å². The third-order valence-corrected chi connectivity index (χ3v) is 3.05. The number of aryl methyl sites for hydroxylation is 1. The maximum atomic E-state index is 5.39. The van der Waals surface area contributed by atoms with Crippen LogP contribution in [0.3, 0.4) is 0 Å². The van der Waals surface area contributed by atoms with Crippen molar-refractivity contribution in [2.75, 3.05) is 13.7 Å². The van der Waals surface area contributed by atoms with Gasteiger partial charge in [-0.15, -0.1) is 0 Å². The Morgan fingerprint density at radius 1 is 1.42 bits per heavy atom. The summed E-state index contributed by atoms with van der Waals surface area (Å²) in [5.74, 6) is 1.55. The fraction of sp³-hybridized carbons (Fsp3) is 0.429. The second kappa shape index (κ2) is 6.33. The number of methoxy groups -OCH3 is 1. The molecule has 0 saturated carbocycles. The molecule has 1 aromatic heterocycles. The Balaban J connectivity index is 1.95. The van der Waals surface area contributed by atoms with Crippen LogP contribution >= 0.6 is 0 Å². The summed E-state index contributed by atoms with van der Waals surface area (Å²) >= 11 is 0. The van der Waals surface area contributed by atoms with Crippen molar-refractivity contribution in [2.24, 2.45) is 0 Å². The highest BCUT2D eigenvalue weighted by molar-refractivity contribution is 5.38. The number of hydrogen-bond donors (Lipinski definition) is 1. The minimum absolute atomic E-state index is 0.206. The normalized spacial score (nSPS) is 12.4. The number of ether oxygens (including phenoxy) is 1. The van der Waals surface area contributed by atoms with Gasteiger partial charge in [-0.25, -0.2) is 0 Å². The highest BCUT2D eigenvalue weighted by Gasteiger charge is 2.11. The molecule has 1 heterocycles.